The molecule has 0 unspecified atom stereocenters. The van der Waals surface area contributed by atoms with Crippen LogP contribution in [-0.2, 0) is 4.79 Å². The van der Waals surface area contributed by atoms with Crippen molar-refractivity contribution < 1.29 is 9.90 Å². The summed E-state index contributed by atoms with van der Waals surface area (Å²) in [5.41, 5.74) is 0.340. The highest BCUT2D eigenvalue weighted by Gasteiger charge is 2.19. The lowest BCUT2D eigenvalue weighted by molar-refractivity contribution is -0.137. The summed E-state index contributed by atoms with van der Waals surface area (Å²) >= 11 is 0. The topological polar surface area (TPSA) is 92.4 Å². The van der Waals surface area contributed by atoms with Crippen LogP contribution in [0.1, 0.15) is 32.5 Å². The van der Waals surface area contributed by atoms with Crippen molar-refractivity contribution in [3.05, 3.63) is 18.0 Å². The Labute approximate surface area is 110 Å². The molecule has 0 spiro atoms. The summed E-state index contributed by atoms with van der Waals surface area (Å²) in [5.74, 6) is 0.584. The third-order valence-corrected chi connectivity index (χ3v) is 2.85. The number of aliphatic carboxylic acids is 1. The maximum Gasteiger partial charge on any atom is 0.303 e. The fraction of sp³-hybridized carbons (Fsp3) is 0.500. The summed E-state index contributed by atoms with van der Waals surface area (Å²) < 4.78 is 1.65. The van der Waals surface area contributed by atoms with Gasteiger partial charge < -0.3 is 10.4 Å². The smallest absolute Gasteiger partial charge is 0.303 e. The molecular weight excluding hydrogens is 246 g/mol. The summed E-state index contributed by atoms with van der Waals surface area (Å²) in [4.78, 5) is 10.6. The average molecular weight is 263 g/mol. The van der Waals surface area contributed by atoms with Gasteiger partial charge in [0.2, 0.25) is 0 Å². The van der Waals surface area contributed by atoms with Crippen LogP contribution >= 0.6 is 0 Å². The number of hydrogen-bond acceptors (Lipinski definition) is 5. The lowest BCUT2D eigenvalue weighted by Gasteiger charge is -2.26. The minimum Gasteiger partial charge on any atom is -0.481 e. The predicted molar refractivity (Wildman–Crippen MR) is 70.1 cm³/mol. The van der Waals surface area contributed by atoms with E-state index in [2.05, 4.69) is 20.6 Å². The van der Waals surface area contributed by atoms with Gasteiger partial charge in [-0.25, -0.2) is 0 Å². The first kappa shape index (κ1) is 13.3. The summed E-state index contributed by atoms with van der Waals surface area (Å²) in [7, 11) is 0. The van der Waals surface area contributed by atoms with Gasteiger partial charge in [0.1, 0.15) is 5.82 Å². The molecule has 102 valence electrons. The zero-order valence-corrected chi connectivity index (χ0v) is 11.2. The highest BCUT2D eigenvalue weighted by molar-refractivity contribution is 5.66. The molecule has 2 N–H and O–H groups in total. The lowest BCUT2D eigenvalue weighted by atomic mass is 9.98. The number of anilines is 1. The average Bonchev–Trinajstić information content (AvgIpc) is 2.68. The molecule has 0 saturated heterocycles. The Morgan fingerprint density at radius 3 is 2.84 bits per heavy atom. The summed E-state index contributed by atoms with van der Waals surface area (Å²) in [6.07, 6.45) is 0.636. The fourth-order valence-corrected chi connectivity index (χ4v) is 1.79. The third kappa shape index (κ3) is 3.18. The monoisotopic (exact) mass is 263 g/mol. The molecule has 0 aliphatic heterocycles. The largest absolute Gasteiger partial charge is 0.481 e. The van der Waals surface area contributed by atoms with Gasteiger partial charge in [0, 0.05) is 12.0 Å². The van der Waals surface area contributed by atoms with Gasteiger partial charge in [-0.1, -0.05) is 0 Å². The number of carboxylic acids is 1. The molecule has 0 fully saturated rings. The second-order valence-electron chi connectivity index (χ2n) is 5.14. The van der Waals surface area contributed by atoms with Crippen LogP contribution in [0.25, 0.3) is 5.65 Å². The van der Waals surface area contributed by atoms with Crippen molar-refractivity contribution >= 4 is 17.4 Å². The Morgan fingerprint density at radius 2 is 2.16 bits per heavy atom. The number of carbonyl (C=O) groups is 1. The minimum atomic E-state index is -0.798. The van der Waals surface area contributed by atoms with Gasteiger partial charge in [-0.05, 0) is 39.3 Å². The van der Waals surface area contributed by atoms with Gasteiger partial charge in [-0.3, -0.25) is 4.79 Å². The Kier molecular flexibility index (Phi) is 3.37. The molecule has 2 aromatic rings. The molecular formula is C12H17N5O2. The molecule has 2 heterocycles. The van der Waals surface area contributed by atoms with Crippen molar-refractivity contribution in [1.82, 2.24) is 19.8 Å². The van der Waals surface area contributed by atoms with Gasteiger partial charge in [-0.2, -0.15) is 4.52 Å². The van der Waals surface area contributed by atoms with E-state index < -0.39 is 5.97 Å². The second-order valence-corrected chi connectivity index (χ2v) is 5.14. The zero-order valence-electron chi connectivity index (χ0n) is 11.2. The van der Waals surface area contributed by atoms with E-state index in [0.29, 0.717) is 23.7 Å². The van der Waals surface area contributed by atoms with E-state index in [0.717, 1.165) is 0 Å². The molecule has 0 radical (unpaired) electrons. The standard InChI is InChI=1S/C12H17N5O2/c1-8-14-15-10-5-4-9(16-17(8)10)13-12(2,3)7-6-11(18)19/h4-5H,6-7H2,1-3H3,(H,13,16)(H,18,19). The van der Waals surface area contributed by atoms with Gasteiger partial charge in [0.25, 0.3) is 0 Å². The van der Waals surface area contributed by atoms with Crippen LogP contribution in [0, 0.1) is 6.92 Å². The predicted octanol–water partition coefficient (Wildman–Crippen LogP) is 1.49. The molecule has 0 aliphatic rings. The Hall–Kier alpha value is -2.18. The minimum absolute atomic E-state index is 0.119. The van der Waals surface area contributed by atoms with Crippen LogP contribution in [0.4, 0.5) is 5.82 Å². The van der Waals surface area contributed by atoms with Gasteiger partial charge >= 0.3 is 5.97 Å². The number of fused-ring (bicyclic) bond motifs is 1. The first-order valence-corrected chi connectivity index (χ1v) is 6.06. The number of rotatable bonds is 5. The Balaban J connectivity index is 2.15. The molecule has 0 amide bonds. The van der Waals surface area contributed by atoms with Gasteiger partial charge in [0.05, 0.1) is 0 Å². The summed E-state index contributed by atoms with van der Waals surface area (Å²) in [5, 5.41) is 24.2. The first-order chi connectivity index (χ1) is 8.87. The Morgan fingerprint density at radius 1 is 1.42 bits per heavy atom. The van der Waals surface area contributed by atoms with Crippen molar-refractivity contribution in [2.45, 2.75) is 39.2 Å². The van der Waals surface area contributed by atoms with Crippen molar-refractivity contribution in [3.63, 3.8) is 0 Å². The molecule has 2 aromatic heterocycles. The maximum atomic E-state index is 10.6. The van der Waals surface area contributed by atoms with E-state index in [9.17, 15) is 4.79 Å². The summed E-state index contributed by atoms with van der Waals surface area (Å²) in [6.45, 7) is 5.72. The van der Waals surface area contributed by atoms with Crippen LogP contribution in [0.2, 0.25) is 0 Å². The van der Waals surface area contributed by atoms with Gasteiger partial charge in [0.15, 0.2) is 11.5 Å². The van der Waals surface area contributed by atoms with Crippen LogP contribution < -0.4 is 5.32 Å². The number of nitrogens with zero attached hydrogens (tertiary/aromatic N) is 4. The molecule has 0 saturated carbocycles. The SMILES string of the molecule is Cc1nnc2ccc(NC(C)(C)CCC(=O)O)nn12. The first-order valence-electron chi connectivity index (χ1n) is 6.06. The van der Waals surface area contributed by atoms with Gasteiger partial charge in [-0.15, -0.1) is 15.3 Å². The van der Waals surface area contributed by atoms with E-state index in [-0.39, 0.29) is 12.0 Å². The van der Waals surface area contributed by atoms with Crippen LogP contribution in [0.3, 0.4) is 0 Å². The molecule has 19 heavy (non-hydrogen) atoms. The fourth-order valence-electron chi connectivity index (χ4n) is 1.79. The molecule has 7 heteroatoms. The third-order valence-electron chi connectivity index (χ3n) is 2.85. The van der Waals surface area contributed by atoms with Crippen LogP contribution in [-0.4, -0.2) is 36.4 Å². The van der Waals surface area contributed by atoms with E-state index in [1.165, 1.54) is 0 Å². The second kappa shape index (κ2) is 4.83. The molecule has 0 aromatic carbocycles. The van der Waals surface area contributed by atoms with Crippen molar-refractivity contribution in [2.24, 2.45) is 0 Å². The molecule has 2 rings (SSSR count). The van der Waals surface area contributed by atoms with Crippen LogP contribution in [0.5, 0.6) is 0 Å². The normalized spacial score (nSPS) is 11.7. The number of aromatic nitrogens is 4. The van der Waals surface area contributed by atoms with Crippen LogP contribution in [0.15, 0.2) is 12.1 Å². The van der Waals surface area contributed by atoms with Crippen molar-refractivity contribution in [2.75, 3.05) is 5.32 Å². The van der Waals surface area contributed by atoms with Crippen molar-refractivity contribution in [3.8, 4) is 0 Å². The van der Waals surface area contributed by atoms with E-state index >= 15 is 0 Å². The molecule has 0 atom stereocenters. The molecule has 7 nitrogen and oxygen atoms in total. The molecule has 0 aliphatic carbocycles. The highest BCUT2D eigenvalue weighted by atomic mass is 16.4. The highest BCUT2D eigenvalue weighted by Crippen LogP contribution is 2.18. The van der Waals surface area contributed by atoms with E-state index in [1.54, 1.807) is 4.52 Å². The van der Waals surface area contributed by atoms with E-state index in [4.69, 9.17) is 5.11 Å². The number of nitrogens with one attached hydrogen (secondary N) is 1. The maximum absolute atomic E-state index is 10.6. The lowest BCUT2D eigenvalue weighted by Crippen LogP contribution is -2.32. The summed E-state index contributed by atoms with van der Waals surface area (Å²) in [6, 6.07) is 3.63. The van der Waals surface area contributed by atoms with E-state index in [1.807, 2.05) is 32.9 Å². The zero-order chi connectivity index (χ0) is 14.0. The number of carboxylic acid groups (broad SMARTS) is 1. The molecule has 0 bridgehead atoms. The Bertz CT molecular complexity index is 605. The van der Waals surface area contributed by atoms with Crippen molar-refractivity contribution in [1.29, 1.82) is 0 Å². The quantitative estimate of drug-likeness (QED) is 0.849. The number of aryl methyl sites for hydroxylation is 1. The number of hydrogen-bond donors (Lipinski definition) is 2.